The minimum absolute atomic E-state index is 0.0304. The molecular weight excluding hydrogens is 392 g/mol. The van der Waals surface area contributed by atoms with Gasteiger partial charge in [0.15, 0.2) is 5.78 Å². The summed E-state index contributed by atoms with van der Waals surface area (Å²) in [4.78, 5) is 51.0. The van der Waals surface area contributed by atoms with Crippen molar-refractivity contribution in [2.24, 2.45) is 35.5 Å². The van der Waals surface area contributed by atoms with Gasteiger partial charge in [0.05, 0.1) is 11.8 Å². The van der Waals surface area contributed by atoms with Crippen molar-refractivity contribution in [3.8, 4) is 0 Å². The minimum Gasteiger partial charge on any atom is -0.326 e. The molecule has 6 rings (SSSR count). The molecule has 4 aliphatic carbocycles. The van der Waals surface area contributed by atoms with E-state index in [2.05, 4.69) is 17.5 Å². The minimum atomic E-state index is -0.122. The number of anilines is 1. The van der Waals surface area contributed by atoms with Gasteiger partial charge in [-0.05, 0) is 62.0 Å². The molecule has 2 saturated carbocycles. The van der Waals surface area contributed by atoms with Gasteiger partial charge in [-0.2, -0.15) is 0 Å². The Hall–Kier alpha value is -2.76. The lowest BCUT2D eigenvalue weighted by atomic mass is 9.63. The maximum Gasteiger partial charge on any atom is 0.233 e. The summed E-state index contributed by atoms with van der Waals surface area (Å²) in [7, 11) is 0. The van der Waals surface area contributed by atoms with E-state index in [0.29, 0.717) is 42.5 Å². The van der Waals surface area contributed by atoms with E-state index >= 15 is 0 Å². The number of ketones is 1. The number of hydrogen-bond acceptors (Lipinski definition) is 4. The number of likely N-dealkylation sites (tertiary alicyclic amines) is 1. The molecular formula is C25H28N2O4. The molecule has 0 radical (unpaired) electrons. The fourth-order valence-corrected chi connectivity index (χ4v) is 6.01. The van der Waals surface area contributed by atoms with Crippen LogP contribution in [0.5, 0.6) is 0 Å². The summed E-state index contributed by atoms with van der Waals surface area (Å²) in [5.41, 5.74) is 1.19. The van der Waals surface area contributed by atoms with E-state index in [-0.39, 0.29) is 47.2 Å². The summed E-state index contributed by atoms with van der Waals surface area (Å²) < 4.78 is 0. The van der Waals surface area contributed by atoms with E-state index in [0.717, 1.165) is 12.8 Å². The van der Waals surface area contributed by atoms with Gasteiger partial charge in [-0.3, -0.25) is 24.1 Å². The van der Waals surface area contributed by atoms with Crippen molar-refractivity contribution in [2.45, 2.75) is 39.0 Å². The van der Waals surface area contributed by atoms with Gasteiger partial charge in [0, 0.05) is 24.2 Å². The van der Waals surface area contributed by atoms with Crippen LogP contribution in [0.2, 0.25) is 0 Å². The Bertz CT molecular complexity index is 947. The Kier molecular flexibility index (Phi) is 5.03. The number of allylic oxidation sites excluding steroid dienone is 2. The van der Waals surface area contributed by atoms with Gasteiger partial charge in [-0.15, -0.1) is 0 Å². The highest BCUT2D eigenvalue weighted by atomic mass is 16.2. The predicted octanol–water partition coefficient (Wildman–Crippen LogP) is 3.44. The molecule has 6 atom stereocenters. The lowest BCUT2D eigenvalue weighted by Gasteiger charge is -2.37. The van der Waals surface area contributed by atoms with Crippen LogP contribution in [0.25, 0.3) is 0 Å². The standard InChI is InChI=1S/C25H28N2O4/c1-14(28)15-6-5-7-16(12-15)26-21(29)8-3-2-4-11-27-24(30)22-17-9-10-18(20-13-19(17)20)23(22)25(27)31/h5-7,9-10,12,17-20,22-23H,2-4,8,11,13H2,1H3,(H,26,29)/t17-,18+,19-,20+,22-,23+. The van der Waals surface area contributed by atoms with Crippen LogP contribution in [0.3, 0.4) is 0 Å². The molecule has 2 bridgehead atoms. The molecule has 1 heterocycles. The topological polar surface area (TPSA) is 83.6 Å². The smallest absolute Gasteiger partial charge is 0.233 e. The maximum absolute atomic E-state index is 12.9. The average molecular weight is 421 g/mol. The van der Waals surface area contributed by atoms with Crippen molar-refractivity contribution < 1.29 is 19.2 Å². The summed E-state index contributed by atoms with van der Waals surface area (Å²) in [5.74, 6) is 1.48. The molecule has 162 valence electrons. The quantitative estimate of drug-likeness (QED) is 0.302. The maximum atomic E-state index is 12.9. The third kappa shape index (κ3) is 3.52. The monoisotopic (exact) mass is 420 g/mol. The Morgan fingerprint density at radius 1 is 1.00 bits per heavy atom. The highest BCUT2D eigenvalue weighted by Gasteiger charge is 2.66. The number of carbonyl (C=O) groups excluding carboxylic acids is 4. The van der Waals surface area contributed by atoms with E-state index in [1.54, 1.807) is 24.3 Å². The molecule has 1 aromatic carbocycles. The number of nitrogens with zero attached hydrogens (tertiary/aromatic N) is 1. The Balaban J connectivity index is 1.07. The normalized spacial score (nSPS) is 32.1. The number of carbonyl (C=O) groups is 4. The highest BCUT2D eigenvalue weighted by molar-refractivity contribution is 6.06. The molecule has 1 aromatic rings. The number of Topliss-reactive ketones (excluding diaryl/α,β-unsaturated/α-hetero) is 1. The van der Waals surface area contributed by atoms with Crippen LogP contribution in [0.15, 0.2) is 36.4 Å². The number of amides is 3. The Morgan fingerprint density at radius 3 is 2.32 bits per heavy atom. The van der Waals surface area contributed by atoms with Crippen LogP contribution in [0, 0.1) is 35.5 Å². The van der Waals surface area contributed by atoms with Crippen molar-refractivity contribution in [3.63, 3.8) is 0 Å². The van der Waals surface area contributed by atoms with E-state index in [1.807, 2.05) is 0 Å². The number of nitrogens with one attached hydrogen (secondary N) is 1. The third-order valence-electron chi connectivity index (χ3n) is 7.59. The largest absolute Gasteiger partial charge is 0.326 e. The summed E-state index contributed by atoms with van der Waals surface area (Å²) in [6.07, 6.45) is 8.13. The highest BCUT2D eigenvalue weighted by Crippen LogP contribution is 2.65. The Labute approximate surface area is 182 Å². The number of hydrogen-bond donors (Lipinski definition) is 1. The SMILES string of the molecule is CC(=O)c1cccc(NC(=O)CCCCCN2C(=O)[C@@H]3[C@@H]4C=C[C@@H]([C@@H]5C[C@H]45)[C@@H]3C2=O)c1. The first-order valence-corrected chi connectivity index (χ1v) is 11.4. The second kappa shape index (κ2) is 7.74. The molecule has 0 unspecified atom stereocenters. The molecule has 1 aliphatic heterocycles. The lowest BCUT2D eigenvalue weighted by Crippen LogP contribution is -2.40. The van der Waals surface area contributed by atoms with Crippen LogP contribution in [0.4, 0.5) is 5.69 Å². The summed E-state index contributed by atoms with van der Waals surface area (Å²) >= 11 is 0. The predicted molar refractivity (Wildman–Crippen MR) is 115 cm³/mol. The van der Waals surface area contributed by atoms with Crippen LogP contribution >= 0.6 is 0 Å². The summed E-state index contributed by atoms with van der Waals surface area (Å²) in [6, 6.07) is 6.91. The first-order valence-electron chi connectivity index (χ1n) is 11.4. The molecule has 3 fully saturated rings. The van der Waals surface area contributed by atoms with E-state index in [1.165, 1.54) is 18.2 Å². The van der Waals surface area contributed by atoms with Gasteiger partial charge in [-0.1, -0.05) is 30.7 Å². The molecule has 6 heteroatoms. The van der Waals surface area contributed by atoms with Gasteiger partial charge in [0.1, 0.15) is 0 Å². The van der Waals surface area contributed by atoms with Crippen molar-refractivity contribution in [3.05, 3.63) is 42.0 Å². The first kappa shape index (κ1) is 20.2. The number of rotatable bonds is 8. The zero-order valence-corrected chi connectivity index (χ0v) is 17.8. The van der Waals surface area contributed by atoms with Crippen molar-refractivity contribution in [1.29, 1.82) is 0 Å². The number of unbranched alkanes of at least 4 members (excludes halogenated alkanes) is 2. The number of imide groups is 1. The Morgan fingerprint density at radius 2 is 1.68 bits per heavy atom. The zero-order valence-electron chi connectivity index (χ0n) is 17.8. The molecule has 31 heavy (non-hydrogen) atoms. The van der Waals surface area contributed by atoms with E-state index in [9.17, 15) is 19.2 Å². The molecule has 0 spiro atoms. The van der Waals surface area contributed by atoms with E-state index in [4.69, 9.17) is 0 Å². The zero-order chi connectivity index (χ0) is 21.7. The van der Waals surface area contributed by atoms with Gasteiger partial charge in [0.25, 0.3) is 0 Å². The lowest BCUT2D eigenvalue weighted by molar-refractivity contribution is -0.140. The van der Waals surface area contributed by atoms with Crippen LogP contribution in [-0.4, -0.2) is 34.9 Å². The van der Waals surface area contributed by atoms with Gasteiger partial charge in [-0.25, -0.2) is 0 Å². The van der Waals surface area contributed by atoms with Crippen LogP contribution in [0.1, 0.15) is 49.4 Å². The van der Waals surface area contributed by atoms with Crippen LogP contribution < -0.4 is 5.32 Å². The van der Waals surface area contributed by atoms with Crippen molar-refractivity contribution in [2.75, 3.05) is 11.9 Å². The molecule has 1 N–H and O–H groups in total. The fourth-order valence-electron chi connectivity index (χ4n) is 6.01. The summed E-state index contributed by atoms with van der Waals surface area (Å²) in [6.45, 7) is 1.96. The first-order chi connectivity index (χ1) is 15.0. The molecule has 0 aromatic heterocycles. The van der Waals surface area contributed by atoms with Gasteiger partial charge < -0.3 is 5.32 Å². The average Bonchev–Trinajstić information content (AvgIpc) is 3.53. The van der Waals surface area contributed by atoms with Crippen molar-refractivity contribution >= 4 is 29.2 Å². The fraction of sp³-hybridized carbons (Fsp3) is 0.520. The van der Waals surface area contributed by atoms with Crippen molar-refractivity contribution in [1.82, 2.24) is 4.90 Å². The molecule has 3 amide bonds. The molecule has 6 nitrogen and oxygen atoms in total. The number of benzene rings is 1. The van der Waals surface area contributed by atoms with E-state index < -0.39 is 0 Å². The van der Waals surface area contributed by atoms with Gasteiger partial charge in [0.2, 0.25) is 17.7 Å². The molecule has 5 aliphatic rings. The second-order valence-corrected chi connectivity index (χ2v) is 9.48. The summed E-state index contributed by atoms with van der Waals surface area (Å²) in [5, 5.41) is 2.83. The van der Waals surface area contributed by atoms with Crippen LogP contribution in [-0.2, 0) is 14.4 Å². The molecule has 1 saturated heterocycles. The van der Waals surface area contributed by atoms with Gasteiger partial charge >= 0.3 is 0 Å². The third-order valence-corrected chi connectivity index (χ3v) is 7.59. The second-order valence-electron chi connectivity index (χ2n) is 9.48.